The van der Waals surface area contributed by atoms with Crippen LogP contribution in [0.2, 0.25) is 5.02 Å². The number of ether oxygens (including phenoxy) is 1. The molecule has 3 aromatic carbocycles. The highest BCUT2D eigenvalue weighted by Gasteiger charge is 2.39. The fraction of sp³-hybridized carbons (Fsp3) is 0.303. The number of hydrogen-bond donors (Lipinski definition) is 2. The van der Waals surface area contributed by atoms with Crippen molar-refractivity contribution in [2.24, 2.45) is 5.92 Å². The number of carbonyl (C=O) groups is 3. The number of carbonyl (C=O) groups excluding carboxylic acids is 2. The highest BCUT2D eigenvalue weighted by Crippen LogP contribution is 2.41. The molecule has 0 bridgehead atoms. The maximum Gasteiger partial charge on any atom is 0.454 e. The summed E-state index contributed by atoms with van der Waals surface area (Å²) in [7, 11) is 1.44. The lowest BCUT2D eigenvalue weighted by Crippen LogP contribution is -2.43. The van der Waals surface area contributed by atoms with Gasteiger partial charge >= 0.3 is 12.3 Å². The van der Waals surface area contributed by atoms with Crippen LogP contribution in [0.1, 0.15) is 51.3 Å². The lowest BCUT2D eigenvalue weighted by atomic mass is 9.85. The molecule has 0 atom stereocenters. The van der Waals surface area contributed by atoms with Gasteiger partial charge in [0.25, 0.3) is 11.7 Å². The Morgan fingerprint density at radius 2 is 1.62 bits per heavy atom. The SMILES string of the molecule is COc1ccc(-c2ccc(C(=O)C(F)(F)F)cc2)cc1CN(C(=O)c1sc2c(F)ccc(F)c2c1Cl)C1CCC(CNC(=O)O)CC1. The number of fused-ring (bicyclic) bond motifs is 1. The average molecular weight is 695 g/mol. The van der Waals surface area contributed by atoms with Crippen molar-refractivity contribution in [3.63, 3.8) is 0 Å². The average Bonchev–Trinajstić information content (AvgIpc) is 3.41. The smallest absolute Gasteiger partial charge is 0.454 e. The third-order valence-electron chi connectivity index (χ3n) is 8.29. The molecule has 0 radical (unpaired) electrons. The van der Waals surface area contributed by atoms with Gasteiger partial charge in [-0.3, -0.25) is 9.59 Å². The summed E-state index contributed by atoms with van der Waals surface area (Å²) in [5.41, 5.74) is 1.12. The van der Waals surface area contributed by atoms with Crippen LogP contribution in [0.4, 0.5) is 26.7 Å². The van der Waals surface area contributed by atoms with Gasteiger partial charge in [-0.25, -0.2) is 13.6 Å². The maximum atomic E-state index is 14.7. The Morgan fingerprint density at radius 1 is 0.979 bits per heavy atom. The number of halogens is 6. The number of methoxy groups -OCH3 is 1. The van der Waals surface area contributed by atoms with E-state index in [0.29, 0.717) is 48.1 Å². The number of hydrogen-bond acceptors (Lipinski definition) is 5. The lowest BCUT2D eigenvalue weighted by molar-refractivity contribution is -0.0885. The van der Waals surface area contributed by atoms with E-state index in [9.17, 15) is 36.3 Å². The Morgan fingerprint density at radius 3 is 2.21 bits per heavy atom. The minimum atomic E-state index is -5.01. The van der Waals surface area contributed by atoms with Gasteiger partial charge in [0.15, 0.2) is 0 Å². The van der Waals surface area contributed by atoms with Crippen LogP contribution in [0, 0.1) is 17.6 Å². The summed E-state index contributed by atoms with van der Waals surface area (Å²) in [6.07, 6.45) is -3.89. The maximum absolute atomic E-state index is 14.7. The summed E-state index contributed by atoms with van der Waals surface area (Å²) in [5.74, 6) is -3.53. The van der Waals surface area contributed by atoms with E-state index in [2.05, 4.69) is 5.32 Å². The highest BCUT2D eigenvalue weighted by molar-refractivity contribution is 7.21. The van der Waals surface area contributed by atoms with Crippen molar-refractivity contribution < 1.29 is 46.2 Å². The number of amides is 2. The summed E-state index contributed by atoms with van der Waals surface area (Å²) >= 11 is 7.26. The van der Waals surface area contributed by atoms with Crippen molar-refractivity contribution in [1.29, 1.82) is 0 Å². The van der Waals surface area contributed by atoms with Crippen LogP contribution >= 0.6 is 22.9 Å². The Bertz CT molecular complexity index is 1820. The molecule has 2 N–H and O–H groups in total. The Labute approximate surface area is 274 Å². The van der Waals surface area contributed by atoms with E-state index in [1.54, 1.807) is 23.1 Å². The third-order valence-corrected chi connectivity index (χ3v) is 9.97. The number of nitrogens with one attached hydrogen (secondary N) is 1. The highest BCUT2D eigenvalue weighted by atomic mass is 35.5. The van der Waals surface area contributed by atoms with E-state index in [-0.39, 0.29) is 45.0 Å². The van der Waals surface area contributed by atoms with Crippen LogP contribution in [0.3, 0.4) is 0 Å². The van der Waals surface area contributed by atoms with Gasteiger partial charge in [-0.1, -0.05) is 41.9 Å². The van der Waals surface area contributed by atoms with Gasteiger partial charge in [0, 0.05) is 30.3 Å². The first-order chi connectivity index (χ1) is 22.3. The second-order valence-electron chi connectivity index (χ2n) is 11.2. The topological polar surface area (TPSA) is 95.9 Å². The van der Waals surface area contributed by atoms with Gasteiger partial charge in [0.05, 0.1) is 22.2 Å². The number of rotatable bonds is 9. The van der Waals surface area contributed by atoms with Gasteiger partial charge in [0.2, 0.25) is 0 Å². The first-order valence-electron chi connectivity index (χ1n) is 14.5. The molecular formula is C33H28ClF5N2O5S. The number of Topliss-reactive ketones (excluding diaryl/α,β-unsaturated/α-hetero) is 1. The largest absolute Gasteiger partial charge is 0.496 e. The normalized spacial score (nSPS) is 16.6. The standard InChI is InChI=1S/C33H28ClF5N2O5S/c1-46-25-13-8-20(18-4-6-19(7-5-18)30(42)33(37,38)39)14-21(25)16-41(22-9-2-17(3-10-22)15-40-32(44)45)31(43)29-27(34)26-23(35)11-12-24(36)28(26)47-29/h4-8,11-14,17,22,40H,2-3,9-10,15-16H2,1H3,(H,44,45). The van der Waals surface area contributed by atoms with Gasteiger partial charge in [-0.2, -0.15) is 13.2 Å². The van der Waals surface area contributed by atoms with E-state index < -0.39 is 41.2 Å². The molecule has 1 saturated carbocycles. The van der Waals surface area contributed by atoms with Gasteiger partial charge in [0.1, 0.15) is 22.3 Å². The Balaban J connectivity index is 1.50. The molecule has 14 heteroatoms. The fourth-order valence-corrected chi connectivity index (χ4v) is 7.37. The molecule has 0 aliphatic heterocycles. The van der Waals surface area contributed by atoms with Gasteiger partial charge in [-0.15, -0.1) is 11.3 Å². The second-order valence-corrected chi connectivity index (χ2v) is 12.6. The zero-order valence-electron chi connectivity index (χ0n) is 24.8. The molecular weight excluding hydrogens is 667 g/mol. The minimum Gasteiger partial charge on any atom is -0.496 e. The molecule has 0 spiro atoms. The predicted octanol–water partition coefficient (Wildman–Crippen LogP) is 8.72. The van der Waals surface area contributed by atoms with Crippen LogP contribution in [-0.4, -0.2) is 53.7 Å². The number of benzene rings is 3. The van der Waals surface area contributed by atoms with E-state index in [1.807, 2.05) is 0 Å². The van der Waals surface area contributed by atoms with E-state index in [4.69, 9.17) is 21.4 Å². The molecule has 1 aliphatic rings. The first kappa shape index (κ1) is 34.1. The molecule has 0 saturated heterocycles. The van der Waals surface area contributed by atoms with Crippen LogP contribution in [0.5, 0.6) is 5.75 Å². The van der Waals surface area contributed by atoms with Crippen molar-refractivity contribution in [2.45, 2.75) is 44.4 Å². The third kappa shape index (κ3) is 7.36. The number of carboxylic acid groups (broad SMARTS) is 1. The first-order valence-corrected chi connectivity index (χ1v) is 15.7. The summed E-state index contributed by atoms with van der Waals surface area (Å²) in [6.45, 7) is 0.249. The van der Waals surface area contributed by atoms with Crippen LogP contribution in [0.25, 0.3) is 21.2 Å². The molecule has 1 fully saturated rings. The zero-order chi connectivity index (χ0) is 34.0. The minimum absolute atomic E-state index is 0.0151. The summed E-state index contributed by atoms with van der Waals surface area (Å²) < 4.78 is 73.6. The summed E-state index contributed by atoms with van der Waals surface area (Å²) in [6, 6.07) is 11.6. The number of thiophene rings is 1. The molecule has 0 unspecified atom stereocenters. The number of nitrogens with zero attached hydrogens (tertiary/aromatic N) is 1. The molecule has 7 nitrogen and oxygen atoms in total. The van der Waals surface area contributed by atoms with E-state index in [1.165, 1.54) is 19.2 Å². The van der Waals surface area contributed by atoms with E-state index in [0.717, 1.165) is 35.6 Å². The van der Waals surface area contributed by atoms with Crippen LogP contribution in [0.15, 0.2) is 54.6 Å². The zero-order valence-corrected chi connectivity index (χ0v) is 26.4. The fourth-order valence-electron chi connectivity index (χ4n) is 5.87. The van der Waals surface area contributed by atoms with Crippen molar-refractivity contribution in [3.05, 3.63) is 87.3 Å². The van der Waals surface area contributed by atoms with Crippen molar-refractivity contribution >= 4 is 50.8 Å². The second kappa shape index (κ2) is 13.9. The van der Waals surface area contributed by atoms with Crippen LogP contribution in [-0.2, 0) is 6.54 Å². The van der Waals surface area contributed by atoms with Gasteiger partial charge in [-0.05, 0) is 67.0 Å². The van der Waals surface area contributed by atoms with Gasteiger partial charge < -0.3 is 20.1 Å². The van der Waals surface area contributed by atoms with Crippen molar-refractivity contribution in [3.8, 4) is 16.9 Å². The lowest BCUT2D eigenvalue weighted by Gasteiger charge is -2.37. The number of alkyl halides is 3. The molecule has 2 amide bonds. The Kier molecular flexibility index (Phi) is 10.1. The molecule has 1 aliphatic carbocycles. The predicted molar refractivity (Wildman–Crippen MR) is 167 cm³/mol. The number of ketones is 1. The van der Waals surface area contributed by atoms with Crippen LogP contribution < -0.4 is 10.1 Å². The van der Waals surface area contributed by atoms with Crippen molar-refractivity contribution in [1.82, 2.24) is 10.2 Å². The molecule has 1 aromatic heterocycles. The van der Waals surface area contributed by atoms with E-state index >= 15 is 0 Å². The van der Waals surface area contributed by atoms with Crippen molar-refractivity contribution in [2.75, 3.05) is 13.7 Å². The molecule has 5 rings (SSSR count). The molecule has 248 valence electrons. The monoisotopic (exact) mass is 694 g/mol. The quantitative estimate of drug-likeness (QED) is 0.135. The summed E-state index contributed by atoms with van der Waals surface area (Å²) in [4.78, 5) is 38.4. The molecule has 1 heterocycles. The summed E-state index contributed by atoms with van der Waals surface area (Å²) in [5, 5.41) is 11.0. The molecule has 47 heavy (non-hydrogen) atoms. The Hall–Kier alpha value is -4.23. The molecule has 4 aromatic rings.